The van der Waals surface area contributed by atoms with E-state index in [-0.39, 0.29) is 22.3 Å². The predicted molar refractivity (Wildman–Crippen MR) is 161 cm³/mol. The molecule has 2 aliphatic carbocycles. The van der Waals surface area contributed by atoms with Crippen LogP contribution in [0.4, 0.5) is 0 Å². The summed E-state index contributed by atoms with van der Waals surface area (Å²) in [6.45, 7) is 13.6. The number of carbonyl (C=O) groups excluding carboxylic acids is 2. The van der Waals surface area contributed by atoms with Crippen LogP contribution in [-0.4, -0.2) is 34.6 Å². The molecule has 2 aliphatic rings. The number of benzene rings is 1. The second kappa shape index (κ2) is 11.1. The first-order valence-corrected chi connectivity index (χ1v) is 15.0. The van der Waals surface area contributed by atoms with Crippen LogP contribution >= 0.6 is 0 Å². The van der Waals surface area contributed by atoms with Gasteiger partial charge in [0.15, 0.2) is 6.61 Å². The molecule has 41 heavy (non-hydrogen) atoms. The molecule has 3 aromatic rings. The van der Waals surface area contributed by atoms with Crippen LogP contribution < -0.4 is 10.7 Å². The molecule has 1 amide bonds. The van der Waals surface area contributed by atoms with Gasteiger partial charge in [0, 0.05) is 25.0 Å². The smallest absolute Gasteiger partial charge is 0.344 e. The molecule has 7 nitrogen and oxygen atoms in total. The number of fused-ring (bicyclic) bond motifs is 4. The quantitative estimate of drug-likeness (QED) is 0.369. The molecule has 2 heterocycles. The zero-order valence-electron chi connectivity index (χ0n) is 25.3. The Labute approximate surface area is 242 Å². The lowest BCUT2D eigenvalue weighted by molar-refractivity contribution is -0.125. The third-order valence-corrected chi connectivity index (χ3v) is 9.81. The topological polar surface area (TPSA) is 90.3 Å². The zero-order chi connectivity index (χ0) is 29.5. The van der Waals surface area contributed by atoms with E-state index in [0.29, 0.717) is 36.0 Å². The highest BCUT2D eigenvalue weighted by atomic mass is 16.5. The highest BCUT2D eigenvalue weighted by molar-refractivity contribution is 5.94. The van der Waals surface area contributed by atoms with Crippen molar-refractivity contribution in [1.82, 2.24) is 14.9 Å². The Morgan fingerprint density at radius 3 is 2.68 bits per heavy atom. The summed E-state index contributed by atoms with van der Waals surface area (Å²) < 4.78 is 7.09. The van der Waals surface area contributed by atoms with Gasteiger partial charge >= 0.3 is 5.97 Å². The molecule has 5 rings (SSSR count). The maximum absolute atomic E-state index is 13.0. The van der Waals surface area contributed by atoms with Gasteiger partial charge in [0.05, 0.1) is 5.39 Å². The Bertz CT molecular complexity index is 1560. The minimum Gasteiger partial charge on any atom is -0.452 e. The highest BCUT2D eigenvalue weighted by Gasteiger charge is 2.51. The summed E-state index contributed by atoms with van der Waals surface area (Å²) in [6.07, 6.45) is 6.96. The summed E-state index contributed by atoms with van der Waals surface area (Å²) in [7, 11) is 0. The first kappa shape index (κ1) is 29.0. The molecule has 0 bridgehead atoms. The molecule has 1 aromatic carbocycles. The number of nitrogens with one attached hydrogen (secondary N) is 1. The molecule has 2 aromatic heterocycles. The number of ether oxygens (including phenoxy) is 1. The third-order valence-electron chi connectivity index (χ3n) is 9.81. The lowest BCUT2D eigenvalue weighted by Crippen LogP contribution is -2.53. The Balaban J connectivity index is 1.25. The summed E-state index contributed by atoms with van der Waals surface area (Å²) in [5.41, 5.74) is 5.18. The van der Waals surface area contributed by atoms with Crippen LogP contribution in [0.3, 0.4) is 0 Å². The molecule has 7 heteroatoms. The zero-order valence-corrected chi connectivity index (χ0v) is 25.3. The molecule has 1 saturated carbocycles. The fraction of sp³-hybridized carbons (Fsp3) is 0.529. The summed E-state index contributed by atoms with van der Waals surface area (Å²) in [4.78, 5) is 43.3. The Kier molecular flexibility index (Phi) is 7.84. The molecule has 0 aliphatic heterocycles. The van der Waals surface area contributed by atoms with Crippen molar-refractivity contribution in [2.45, 2.75) is 91.5 Å². The predicted octanol–water partition coefficient (Wildman–Crippen LogP) is 5.83. The number of aromatic nitrogens is 2. The van der Waals surface area contributed by atoms with E-state index < -0.39 is 18.0 Å². The lowest BCUT2D eigenvalue weighted by atomic mass is 9.49. The van der Waals surface area contributed by atoms with Crippen molar-refractivity contribution in [3.05, 3.63) is 74.7 Å². The molecule has 0 saturated heterocycles. The second-order valence-corrected chi connectivity index (χ2v) is 12.9. The van der Waals surface area contributed by atoms with Gasteiger partial charge in [0.25, 0.3) is 5.91 Å². The molecule has 0 radical (unpaired) electrons. The fourth-order valence-corrected chi connectivity index (χ4v) is 7.52. The summed E-state index contributed by atoms with van der Waals surface area (Å²) >= 11 is 0. The molecular formula is C34H43N3O4. The van der Waals surface area contributed by atoms with Gasteiger partial charge in [-0.2, -0.15) is 0 Å². The SMILES string of the molecule is CCn1cc(C(=O)OCC(=O)NCC2(C)CCCC3(C)c4ccc(C(C)C)cc4CCC23)c(=O)c2ccc(C)nc21. The molecular weight excluding hydrogens is 514 g/mol. The maximum Gasteiger partial charge on any atom is 0.344 e. The normalized spacial score (nSPS) is 23.6. The van der Waals surface area contributed by atoms with E-state index in [4.69, 9.17) is 4.74 Å². The number of carbonyl (C=O) groups is 2. The monoisotopic (exact) mass is 557 g/mol. The van der Waals surface area contributed by atoms with Crippen LogP contribution in [0.15, 0.2) is 41.3 Å². The largest absolute Gasteiger partial charge is 0.452 e. The lowest BCUT2D eigenvalue weighted by Gasteiger charge is -2.55. The maximum atomic E-state index is 13.0. The number of amides is 1. The van der Waals surface area contributed by atoms with E-state index in [1.807, 2.05) is 13.8 Å². The van der Waals surface area contributed by atoms with Crippen LogP contribution in [-0.2, 0) is 27.9 Å². The third kappa shape index (κ3) is 5.31. The van der Waals surface area contributed by atoms with Gasteiger partial charge in [-0.3, -0.25) is 9.59 Å². The van der Waals surface area contributed by atoms with Gasteiger partial charge < -0.3 is 14.6 Å². The second-order valence-electron chi connectivity index (χ2n) is 12.9. The van der Waals surface area contributed by atoms with Gasteiger partial charge in [0.2, 0.25) is 5.43 Å². The van der Waals surface area contributed by atoms with Crippen LogP contribution in [0.1, 0.15) is 99.0 Å². The highest BCUT2D eigenvalue weighted by Crippen LogP contribution is 2.57. The summed E-state index contributed by atoms with van der Waals surface area (Å²) in [6, 6.07) is 10.5. The van der Waals surface area contributed by atoms with Gasteiger partial charge in [-0.15, -0.1) is 0 Å². The van der Waals surface area contributed by atoms with Crippen LogP contribution in [0.2, 0.25) is 0 Å². The number of pyridine rings is 2. The van der Waals surface area contributed by atoms with E-state index >= 15 is 0 Å². The molecule has 3 atom stereocenters. The Hall–Kier alpha value is -3.48. The standard InChI is InChI=1S/C34H43N3O4/c1-7-37-18-26(30(39)25-12-9-22(4)36-31(25)37)32(40)41-19-29(38)35-20-33(5)15-8-16-34(6)27-13-10-23(21(2)3)17-24(27)11-14-28(33)34/h9-10,12-13,17-18,21,28H,7-8,11,14-16,19-20H2,1-6H3,(H,35,38). The van der Waals surface area contributed by atoms with Crippen molar-refractivity contribution in [1.29, 1.82) is 0 Å². The van der Waals surface area contributed by atoms with Crippen molar-refractivity contribution in [2.75, 3.05) is 13.2 Å². The number of nitrogens with zero attached hydrogens (tertiary/aromatic N) is 2. The van der Waals surface area contributed by atoms with Crippen molar-refractivity contribution >= 4 is 22.9 Å². The summed E-state index contributed by atoms with van der Waals surface area (Å²) in [5, 5.41) is 3.42. The van der Waals surface area contributed by atoms with Crippen LogP contribution in [0.5, 0.6) is 0 Å². The van der Waals surface area contributed by atoms with Gasteiger partial charge in [-0.1, -0.05) is 52.3 Å². The molecule has 218 valence electrons. The fourth-order valence-electron chi connectivity index (χ4n) is 7.52. The van der Waals surface area contributed by atoms with Gasteiger partial charge in [-0.05, 0) is 91.0 Å². The molecule has 3 unspecified atom stereocenters. The number of hydrogen-bond donors (Lipinski definition) is 1. The Morgan fingerprint density at radius 1 is 1.17 bits per heavy atom. The number of esters is 1. The molecule has 0 spiro atoms. The summed E-state index contributed by atoms with van der Waals surface area (Å²) in [5.74, 6) is -0.178. The molecule has 1 fully saturated rings. The van der Waals surface area contributed by atoms with E-state index in [0.717, 1.165) is 37.8 Å². The van der Waals surface area contributed by atoms with E-state index in [9.17, 15) is 14.4 Å². The minimum absolute atomic E-state index is 0.0561. The van der Waals surface area contributed by atoms with E-state index in [1.54, 1.807) is 16.7 Å². The van der Waals surface area contributed by atoms with Crippen molar-refractivity contribution in [3.8, 4) is 0 Å². The minimum atomic E-state index is -0.795. The van der Waals surface area contributed by atoms with E-state index in [2.05, 4.69) is 56.2 Å². The van der Waals surface area contributed by atoms with E-state index in [1.165, 1.54) is 22.9 Å². The number of rotatable bonds is 7. The average molecular weight is 558 g/mol. The van der Waals surface area contributed by atoms with Crippen LogP contribution in [0.25, 0.3) is 11.0 Å². The Morgan fingerprint density at radius 2 is 1.95 bits per heavy atom. The average Bonchev–Trinajstić information content (AvgIpc) is 2.94. The van der Waals surface area contributed by atoms with Crippen molar-refractivity contribution in [2.24, 2.45) is 11.3 Å². The first-order valence-electron chi connectivity index (χ1n) is 15.0. The number of hydrogen-bond acceptors (Lipinski definition) is 5. The van der Waals surface area contributed by atoms with Gasteiger partial charge in [-0.25, -0.2) is 9.78 Å². The number of aryl methyl sites for hydroxylation is 3. The van der Waals surface area contributed by atoms with Gasteiger partial charge in [0.1, 0.15) is 11.2 Å². The van der Waals surface area contributed by atoms with Crippen molar-refractivity contribution < 1.29 is 14.3 Å². The van der Waals surface area contributed by atoms with Crippen LogP contribution in [0, 0.1) is 18.3 Å². The molecule has 1 N–H and O–H groups in total. The first-order chi connectivity index (χ1) is 19.5. The van der Waals surface area contributed by atoms with Crippen molar-refractivity contribution in [3.63, 3.8) is 0 Å².